The highest BCUT2D eigenvalue weighted by Gasteiger charge is 2.12. The Labute approximate surface area is 163 Å². The lowest BCUT2D eigenvalue weighted by Gasteiger charge is -2.06. The van der Waals surface area contributed by atoms with Crippen LogP contribution in [-0.2, 0) is 4.79 Å². The Hall–Kier alpha value is -3.48. The topological polar surface area (TPSA) is 97.1 Å². The predicted molar refractivity (Wildman–Crippen MR) is 106 cm³/mol. The lowest BCUT2D eigenvalue weighted by Crippen LogP contribution is -2.37. The van der Waals surface area contributed by atoms with Gasteiger partial charge in [-0.05, 0) is 49.7 Å². The molecule has 0 atom stereocenters. The zero-order chi connectivity index (χ0) is 19.9. The number of benzene rings is 2. The molecule has 1 aromatic heterocycles. The molecular formula is C21H22N4O3. The second-order valence-corrected chi connectivity index (χ2v) is 6.39. The standard InChI is InChI=1S/C21H22N4O3/c1-3-11-22-18(26)13-23-19(27)15-7-9-16(10-8-15)20-24-25-21(28-20)17-6-4-5-14(2)12-17/h4-10,12H,3,11,13H2,1-2H3,(H,22,26)(H,23,27). The van der Waals surface area contributed by atoms with Gasteiger partial charge in [0.15, 0.2) is 0 Å². The van der Waals surface area contributed by atoms with Gasteiger partial charge in [0.25, 0.3) is 5.91 Å². The Balaban J connectivity index is 1.64. The van der Waals surface area contributed by atoms with Crippen LogP contribution in [0.15, 0.2) is 52.9 Å². The van der Waals surface area contributed by atoms with Crippen LogP contribution >= 0.6 is 0 Å². The number of hydrogen-bond acceptors (Lipinski definition) is 5. The van der Waals surface area contributed by atoms with Crippen LogP contribution in [0.25, 0.3) is 22.9 Å². The smallest absolute Gasteiger partial charge is 0.251 e. The molecule has 0 radical (unpaired) electrons. The number of carbonyl (C=O) groups excluding carboxylic acids is 2. The summed E-state index contributed by atoms with van der Waals surface area (Å²) in [6.45, 7) is 4.51. The molecule has 1 heterocycles. The molecule has 7 heteroatoms. The number of nitrogens with zero attached hydrogens (tertiary/aromatic N) is 2. The molecule has 3 rings (SSSR count). The number of hydrogen-bond donors (Lipinski definition) is 2. The number of nitrogens with one attached hydrogen (secondary N) is 2. The van der Waals surface area contributed by atoms with E-state index in [0.29, 0.717) is 29.5 Å². The highest BCUT2D eigenvalue weighted by atomic mass is 16.4. The Morgan fingerprint density at radius 2 is 1.68 bits per heavy atom. The van der Waals surface area contributed by atoms with E-state index in [0.717, 1.165) is 17.5 Å². The molecule has 28 heavy (non-hydrogen) atoms. The summed E-state index contributed by atoms with van der Waals surface area (Å²) in [6.07, 6.45) is 0.850. The number of aryl methyl sites for hydroxylation is 1. The van der Waals surface area contributed by atoms with Crippen molar-refractivity contribution in [1.82, 2.24) is 20.8 Å². The third-order valence-electron chi connectivity index (χ3n) is 4.07. The Morgan fingerprint density at radius 3 is 2.36 bits per heavy atom. The van der Waals surface area contributed by atoms with Crippen molar-refractivity contribution in [2.45, 2.75) is 20.3 Å². The minimum atomic E-state index is -0.316. The first-order valence-electron chi connectivity index (χ1n) is 9.12. The number of amides is 2. The lowest BCUT2D eigenvalue weighted by atomic mass is 10.1. The van der Waals surface area contributed by atoms with E-state index in [4.69, 9.17) is 4.42 Å². The minimum Gasteiger partial charge on any atom is -0.416 e. The van der Waals surface area contributed by atoms with Gasteiger partial charge in [0, 0.05) is 23.2 Å². The Morgan fingerprint density at radius 1 is 0.964 bits per heavy atom. The fourth-order valence-electron chi connectivity index (χ4n) is 2.59. The van der Waals surface area contributed by atoms with Crippen LogP contribution < -0.4 is 10.6 Å². The molecule has 2 amide bonds. The van der Waals surface area contributed by atoms with Gasteiger partial charge in [-0.3, -0.25) is 9.59 Å². The van der Waals surface area contributed by atoms with Crippen molar-refractivity contribution in [1.29, 1.82) is 0 Å². The van der Waals surface area contributed by atoms with Crippen LogP contribution in [0.1, 0.15) is 29.3 Å². The average Bonchev–Trinajstić information content (AvgIpc) is 3.21. The van der Waals surface area contributed by atoms with E-state index in [1.165, 1.54) is 0 Å². The summed E-state index contributed by atoms with van der Waals surface area (Å²) in [6, 6.07) is 14.6. The van der Waals surface area contributed by atoms with Gasteiger partial charge >= 0.3 is 0 Å². The highest BCUT2D eigenvalue weighted by Crippen LogP contribution is 2.24. The maximum atomic E-state index is 12.1. The predicted octanol–water partition coefficient (Wildman–Crippen LogP) is 2.97. The first kappa shape index (κ1) is 19.3. The SMILES string of the molecule is CCCNC(=O)CNC(=O)c1ccc(-c2nnc(-c3cccc(C)c3)o2)cc1. The van der Waals surface area contributed by atoms with Gasteiger partial charge in [0.1, 0.15) is 0 Å². The van der Waals surface area contributed by atoms with Crippen molar-refractivity contribution in [2.24, 2.45) is 0 Å². The zero-order valence-electron chi connectivity index (χ0n) is 15.9. The third kappa shape index (κ3) is 4.82. The Bertz CT molecular complexity index is 964. The van der Waals surface area contributed by atoms with Gasteiger partial charge < -0.3 is 15.1 Å². The van der Waals surface area contributed by atoms with Crippen LogP contribution in [-0.4, -0.2) is 35.1 Å². The summed E-state index contributed by atoms with van der Waals surface area (Å²) in [4.78, 5) is 23.7. The summed E-state index contributed by atoms with van der Waals surface area (Å²) in [7, 11) is 0. The molecule has 2 aromatic carbocycles. The van der Waals surface area contributed by atoms with Gasteiger partial charge in [-0.25, -0.2) is 0 Å². The van der Waals surface area contributed by atoms with Crippen LogP contribution in [0.3, 0.4) is 0 Å². The van der Waals surface area contributed by atoms with Crippen molar-refractivity contribution in [3.05, 3.63) is 59.7 Å². The molecule has 144 valence electrons. The molecule has 2 N–H and O–H groups in total. The van der Waals surface area contributed by atoms with Gasteiger partial charge in [0.05, 0.1) is 6.54 Å². The van der Waals surface area contributed by atoms with Gasteiger partial charge in [-0.2, -0.15) is 0 Å². The quantitative estimate of drug-likeness (QED) is 0.659. The molecule has 0 saturated heterocycles. The second kappa shape index (κ2) is 8.94. The van der Waals surface area contributed by atoms with E-state index in [1.807, 2.05) is 38.1 Å². The molecule has 7 nitrogen and oxygen atoms in total. The van der Waals surface area contributed by atoms with Crippen molar-refractivity contribution >= 4 is 11.8 Å². The molecule has 0 saturated carbocycles. The summed E-state index contributed by atoms with van der Waals surface area (Å²) in [5, 5.41) is 13.5. The molecule has 0 unspecified atom stereocenters. The van der Waals surface area contributed by atoms with E-state index in [9.17, 15) is 9.59 Å². The average molecular weight is 378 g/mol. The first-order valence-corrected chi connectivity index (χ1v) is 9.12. The molecule has 0 bridgehead atoms. The molecule has 0 spiro atoms. The molecule has 0 aliphatic carbocycles. The Kier molecular flexibility index (Phi) is 6.16. The van der Waals surface area contributed by atoms with Gasteiger partial charge in [-0.1, -0.05) is 24.6 Å². The molecule has 3 aromatic rings. The maximum absolute atomic E-state index is 12.1. The number of carbonyl (C=O) groups is 2. The molecule has 0 aliphatic heterocycles. The van der Waals surface area contributed by atoms with Crippen LogP contribution in [0, 0.1) is 6.92 Å². The van der Waals surface area contributed by atoms with Gasteiger partial charge in [0.2, 0.25) is 17.7 Å². The summed E-state index contributed by atoms with van der Waals surface area (Å²) in [5.41, 5.74) is 3.13. The van der Waals surface area contributed by atoms with E-state index < -0.39 is 0 Å². The molecule has 0 aliphatic rings. The van der Waals surface area contributed by atoms with Gasteiger partial charge in [-0.15, -0.1) is 10.2 Å². The molecule has 0 fully saturated rings. The fraction of sp³-hybridized carbons (Fsp3) is 0.238. The summed E-state index contributed by atoms with van der Waals surface area (Å²) < 4.78 is 5.75. The summed E-state index contributed by atoms with van der Waals surface area (Å²) >= 11 is 0. The van der Waals surface area contributed by atoms with E-state index >= 15 is 0 Å². The maximum Gasteiger partial charge on any atom is 0.251 e. The van der Waals surface area contributed by atoms with E-state index in [-0.39, 0.29) is 18.4 Å². The fourth-order valence-corrected chi connectivity index (χ4v) is 2.59. The number of aromatic nitrogens is 2. The minimum absolute atomic E-state index is 0.0515. The lowest BCUT2D eigenvalue weighted by molar-refractivity contribution is -0.120. The third-order valence-corrected chi connectivity index (χ3v) is 4.07. The molecular weight excluding hydrogens is 356 g/mol. The van der Waals surface area contributed by atoms with Crippen molar-refractivity contribution in [3.8, 4) is 22.9 Å². The largest absolute Gasteiger partial charge is 0.416 e. The van der Waals surface area contributed by atoms with E-state index in [1.54, 1.807) is 24.3 Å². The van der Waals surface area contributed by atoms with E-state index in [2.05, 4.69) is 20.8 Å². The van der Waals surface area contributed by atoms with Crippen LogP contribution in [0.2, 0.25) is 0 Å². The first-order chi connectivity index (χ1) is 13.6. The monoisotopic (exact) mass is 378 g/mol. The van der Waals surface area contributed by atoms with Crippen molar-refractivity contribution < 1.29 is 14.0 Å². The summed E-state index contributed by atoms with van der Waals surface area (Å²) in [5.74, 6) is 0.298. The number of rotatable bonds is 7. The highest BCUT2D eigenvalue weighted by molar-refractivity contribution is 5.96. The zero-order valence-corrected chi connectivity index (χ0v) is 15.9. The van der Waals surface area contributed by atoms with Crippen molar-refractivity contribution in [3.63, 3.8) is 0 Å². The van der Waals surface area contributed by atoms with Crippen LogP contribution in [0.5, 0.6) is 0 Å². The van der Waals surface area contributed by atoms with Crippen LogP contribution in [0.4, 0.5) is 0 Å². The van der Waals surface area contributed by atoms with Crippen molar-refractivity contribution in [2.75, 3.05) is 13.1 Å². The normalized spacial score (nSPS) is 10.5. The second-order valence-electron chi connectivity index (χ2n) is 6.39.